The zero-order chi connectivity index (χ0) is 10.0. The van der Waals surface area contributed by atoms with E-state index < -0.39 is 0 Å². The van der Waals surface area contributed by atoms with Gasteiger partial charge in [0.05, 0.1) is 5.88 Å². The molecule has 3 heteroatoms. The van der Waals surface area contributed by atoms with Crippen LogP contribution in [-0.2, 0) is 0 Å². The molecule has 0 bridgehead atoms. The minimum Gasteiger partial charge on any atom is -0.293 e. The summed E-state index contributed by atoms with van der Waals surface area (Å²) in [7, 11) is 0. The summed E-state index contributed by atoms with van der Waals surface area (Å²) >= 11 is 7.75. The second kappa shape index (κ2) is 4.42. The predicted molar refractivity (Wildman–Crippen MR) is 63.7 cm³/mol. The van der Waals surface area contributed by atoms with Gasteiger partial charge in [-0.1, -0.05) is 6.07 Å². The Morgan fingerprint density at radius 3 is 2.62 bits per heavy atom. The molecule has 0 saturated heterocycles. The molecule has 0 heterocycles. The number of alkyl halides is 1. The summed E-state index contributed by atoms with van der Waals surface area (Å²) in [5, 5.41) is 0. The fourth-order valence-corrected chi connectivity index (χ4v) is 1.90. The smallest absolute Gasteiger partial charge is 0.178 e. The van der Waals surface area contributed by atoms with Crippen LogP contribution >= 0.6 is 34.2 Å². The molecule has 0 radical (unpaired) electrons. The van der Waals surface area contributed by atoms with E-state index in [1.807, 2.05) is 26.0 Å². The molecule has 1 aromatic rings. The lowest BCUT2D eigenvalue weighted by Crippen LogP contribution is -2.06. The molecular formula is C10H10ClIO. The van der Waals surface area contributed by atoms with Gasteiger partial charge in [0, 0.05) is 9.13 Å². The van der Waals surface area contributed by atoms with Crippen molar-refractivity contribution < 1.29 is 4.79 Å². The van der Waals surface area contributed by atoms with Crippen LogP contribution in [0.4, 0.5) is 0 Å². The van der Waals surface area contributed by atoms with Crippen LogP contribution in [0.25, 0.3) is 0 Å². The van der Waals surface area contributed by atoms with Crippen LogP contribution < -0.4 is 0 Å². The van der Waals surface area contributed by atoms with Gasteiger partial charge in [-0.3, -0.25) is 4.79 Å². The van der Waals surface area contributed by atoms with E-state index in [4.69, 9.17) is 11.6 Å². The number of rotatable bonds is 2. The van der Waals surface area contributed by atoms with E-state index in [1.54, 1.807) is 0 Å². The first-order chi connectivity index (χ1) is 6.07. The van der Waals surface area contributed by atoms with Gasteiger partial charge >= 0.3 is 0 Å². The summed E-state index contributed by atoms with van der Waals surface area (Å²) in [6, 6.07) is 3.96. The molecule has 0 unspecified atom stereocenters. The predicted octanol–water partition coefficient (Wildman–Crippen LogP) is 3.33. The second-order valence-electron chi connectivity index (χ2n) is 2.92. The molecule has 0 aliphatic rings. The maximum absolute atomic E-state index is 11.5. The Hall–Kier alpha value is -0.0900. The first kappa shape index (κ1) is 11.0. The van der Waals surface area contributed by atoms with Crippen molar-refractivity contribution >= 4 is 40.0 Å². The number of benzene rings is 1. The van der Waals surface area contributed by atoms with Crippen molar-refractivity contribution in [1.29, 1.82) is 0 Å². The third kappa shape index (κ3) is 2.23. The van der Waals surface area contributed by atoms with Crippen molar-refractivity contribution in [2.24, 2.45) is 0 Å². The van der Waals surface area contributed by atoms with E-state index in [0.29, 0.717) is 0 Å². The van der Waals surface area contributed by atoms with Crippen molar-refractivity contribution in [3.05, 3.63) is 32.4 Å². The first-order valence-electron chi connectivity index (χ1n) is 3.92. The SMILES string of the molecule is Cc1ccc(I)c(C)c1C(=O)CCl. The molecule has 13 heavy (non-hydrogen) atoms. The molecule has 0 atom stereocenters. The van der Waals surface area contributed by atoms with Crippen LogP contribution in [0.2, 0.25) is 0 Å². The highest BCUT2D eigenvalue weighted by molar-refractivity contribution is 14.1. The average molecular weight is 309 g/mol. The molecule has 1 aromatic carbocycles. The summed E-state index contributed by atoms with van der Waals surface area (Å²) in [5.41, 5.74) is 2.82. The van der Waals surface area contributed by atoms with Gasteiger partial charge in [-0.05, 0) is 53.6 Å². The number of ketones is 1. The fourth-order valence-electron chi connectivity index (χ4n) is 1.32. The normalized spacial score (nSPS) is 10.2. The van der Waals surface area contributed by atoms with Crippen molar-refractivity contribution in [3.8, 4) is 0 Å². The number of halogens is 2. The van der Waals surface area contributed by atoms with Gasteiger partial charge in [0.2, 0.25) is 0 Å². The molecule has 0 aliphatic heterocycles. The Labute approximate surface area is 96.6 Å². The fraction of sp³-hybridized carbons (Fsp3) is 0.300. The lowest BCUT2D eigenvalue weighted by molar-refractivity contribution is 0.102. The monoisotopic (exact) mass is 308 g/mol. The van der Waals surface area contributed by atoms with E-state index in [9.17, 15) is 4.79 Å². The number of aryl methyl sites for hydroxylation is 1. The number of hydrogen-bond acceptors (Lipinski definition) is 1. The van der Waals surface area contributed by atoms with Gasteiger partial charge in [-0.25, -0.2) is 0 Å². The largest absolute Gasteiger partial charge is 0.293 e. The minimum atomic E-state index is 0.00943. The van der Waals surface area contributed by atoms with E-state index in [2.05, 4.69) is 22.6 Å². The third-order valence-corrected chi connectivity index (χ3v) is 3.42. The molecule has 1 nitrogen and oxygen atoms in total. The molecule has 0 fully saturated rings. The Morgan fingerprint density at radius 1 is 1.46 bits per heavy atom. The van der Waals surface area contributed by atoms with E-state index in [-0.39, 0.29) is 11.7 Å². The Kier molecular flexibility index (Phi) is 3.74. The first-order valence-corrected chi connectivity index (χ1v) is 5.54. The molecule has 1 rings (SSSR count). The maximum atomic E-state index is 11.5. The summed E-state index contributed by atoms with van der Waals surface area (Å²) < 4.78 is 1.11. The lowest BCUT2D eigenvalue weighted by Gasteiger charge is -2.08. The summed E-state index contributed by atoms with van der Waals surface area (Å²) in [6.07, 6.45) is 0. The zero-order valence-corrected chi connectivity index (χ0v) is 10.4. The molecule has 0 spiro atoms. The minimum absolute atomic E-state index is 0.00943. The average Bonchev–Trinajstić information content (AvgIpc) is 2.12. The van der Waals surface area contributed by atoms with E-state index in [1.165, 1.54) is 0 Å². The Balaban J connectivity index is 3.33. The molecular weight excluding hydrogens is 298 g/mol. The highest BCUT2D eigenvalue weighted by Crippen LogP contribution is 2.20. The highest BCUT2D eigenvalue weighted by Gasteiger charge is 2.12. The van der Waals surface area contributed by atoms with Crippen LogP contribution in [0.5, 0.6) is 0 Å². The van der Waals surface area contributed by atoms with Crippen LogP contribution in [0.1, 0.15) is 21.5 Å². The van der Waals surface area contributed by atoms with Crippen molar-refractivity contribution in [1.82, 2.24) is 0 Å². The van der Waals surface area contributed by atoms with Crippen molar-refractivity contribution in [2.75, 3.05) is 5.88 Å². The standard InChI is InChI=1S/C10H10ClIO/c1-6-3-4-8(12)7(2)10(6)9(13)5-11/h3-4H,5H2,1-2H3. The van der Waals surface area contributed by atoms with Gasteiger partial charge < -0.3 is 0 Å². The molecule has 0 saturated carbocycles. The summed E-state index contributed by atoms with van der Waals surface area (Å²) in [4.78, 5) is 11.5. The van der Waals surface area contributed by atoms with Crippen LogP contribution in [0, 0.1) is 17.4 Å². The highest BCUT2D eigenvalue weighted by atomic mass is 127. The summed E-state index contributed by atoms with van der Waals surface area (Å²) in [5.74, 6) is 0.0667. The van der Waals surface area contributed by atoms with Crippen molar-refractivity contribution in [3.63, 3.8) is 0 Å². The number of carbonyl (C=O) groups excluding carboxylic acids is 1. The van der Waals surface area contributed by atoms with Crippen LogP contribution in [0.15, 0.2) is 12.1 Å². The topological polar surface area (TPSA) is 17.1 Å². The quantitative estimate of drug-likeness (QED) is 0.465. The Bertz CT molecular complexity index is 347. The van der Waals surface area contributed by atoms with Gasteiger partial charge in [0.15, 0.2) is 5.78 Å². The van der Waals surface area contributed by atoms with Gasteiger partial charge in [-0.2, -0.15) is 0 Å². The lowest BCUT2D eigenvalue weighted by atomic mass is 10.0. The van der Waals surface area contributed by atoms with Crippen molar-refractivity contribution in [2.45, 2.75) is 13.8 Å². The van der Waals surface area contributed by atoms with Gasteiger partial charge in [-0.15, -0.1) is 11.6 Å². The molecule has 0 aromatic heterocycles. The van der Waals surface area contributed by atoms with E-state index in [0.717, 1.165) is 20.3 Å². The second-order valence-corrected chi connectivity index (χ2v) is 4.35. The third-order valence-electron chi connectivity index (χ3n) is 2.01. The van der Waals surface area contributed by atoms with Gasteiger partial charge in [0.1, 0.15) is 0 Å². The number of carbonyl (C=O) groups is 1. The van der Waals surface area contributed by atoms with E-state index >= 15 is 0 Å². The van der Waals surface area contributed by atoms with Gasteiger partial charge in [0.25, 0.3) is 0 Å². The molecule has 0 aliphatic carbocycles. The molecule has 0 N–H and O–H groups in total. The van der Waals surface area contributed by atoms with Crippen LogP contribution in [0.3, 0.4) is 0 Å². The number of Topliss-reactive ketones (excluding diaryl/α,β-unsaturated/α-hetero) is 1. The van der Waals surface area contributed by atoms with Crippen LogP contribution in [-0.4, -0.2) is 11.7 Å². The number of hydrogen-bond donors (Lipinski definition) is 0. The zero-order valence-electron chi connectivity index (χ0n) is 7.53. The summed E-state index contributed by atoms with van der Waals surface area (Å²) in [6.45, 7) is 3.89. The maximum Gasteiger partial charge on any atom is 0.178 e. The molecule has 70 valence electrons. The molecule has 0 amide bonds. The Morgan fingerprint density at radius 2 is 2.08 bits per heavy atom.